The smallest absolute Gasteiger partial charge is 0.253 e. The number of rotatable bonds is 7. The van der Waals surface area contributed by atoms with Gasteiger partial charge in [0.1, 0.15) is 11.6 Å². The molecular weight excluding hydrogens is 404 g/mol. The van der Waals surface area contributed by atoms with Crippen molar-refractivity contribution in [2.45, 2.75) is 12.8 Å². The van der Waals surface area contributed by atoms with Gasteiger partial charge in [-0.25, -0.2) is 4.98 Å². The van der Waals surface area contributed by atoms with Gasteiger partial charge in [0, 0.05) is 25.6 Å². The fraction of sp³-hybridized carbons (Fsp3) is 0.160. The molecule has 0 atom stereocenters. The molecule has 1 heterocycles. The van der Waals surface area contributed by atoms with Crippen molar-refractivity contribution in [3.63, 3.8) is 0 Å². The Bertz CT molecular complexity index is 1260. The van der Waals surface area contributed by atoms with Crippen LogP contribution in [0, 0.1) is 0 Å². The molecule has 2 amide bonds. The van der Waals surface area contributed by atoms with Gasteiger partial charge in [-0.15, -0.1) is 0 Å². The molecule has 1 aromatic heterocycles. The van der Waals surface area contributed by atoms with Crippen molar-refractivity contribution >= 4 is 28.5 Å². The van der Waals surface area contributed by atoms with Gasteiger partial charge in [0.25, 0.3) is 5.91 Å². The van der Waals surface area contributed by atoms with Crippen molar-refractivity contribution in [3.05, 3.63) is 84.2 Å². The molecule has 0 fully saturated rings. The highest BCUT2D eigenvalue weighted by Gasteiger charge is 2.16. The third-order valence-electron chi connectivity index (χ3n) is 5.19. The van der Waals surface area contributed by atoms with E-state index in [2.05, 4.69) is 15.2 Å². The Balaban J connectivity index is 1.56. The first-order valence-corrected chi connectivity index (χ1v) is 10.3. The number of nitrogens with zero attached hydrogens (tertiary/aromatic N) is 2. The van der Waals surface area contributed by atoms with Crippen LogP contribution in [0.1, 0.15) is 22.6 Å². The minimum absolute atomic E-state index is 0.202. The molecule has 4 rings (SSSR count). The van der Waals surface area contributed by atoms with E-state index in [4.69, 9.17) is 9.72 Å². The van der Waals surface area contributed by atoms with E-state index in [1.807, 2.05) is 54.6 Å². The second-order valence-corrected chi connectivity index (χ2v) is 7.23. The number of nitrogens with one attached hydrogen (secondary N) is 2. The summed E-state index contributed by atoms with van der Waals surface area (Å²) in [5.41, 5.74) is 3.65. The number of methoxy groups -OCH3 is 1. The van der Waals surface area contributed by atoms with E-state index in [1.54, 1.807) is 25.2 Å². The molecule has 2 N–H and O–H groups in total. The summed E-state index contributed by atoms with van der Waals surface area (Å²) in [6, 6.07) is 22.8. The van der Waals surface area contributed by atoms with Crippen LogP contribution in [0.4, 0.5) is 5.69 Å². The first-order valence-electron chi connectivity index (χ1n) is 10.3. The van der Waals surface area contributed by atoms with Gasteiger partial charge in [0.2, 0.25) is 5.91 Å². The maximum absolute atomic E-state index is 12.8. The Morgan fingerprint density at radius 3 is 2.50 bits per heavy atom. The fourth-order valence-electron chi connectivity index (χ4n) is 3.63. The predicted molar refractivity (Wildman–Crippen MR) is 124 cm³/mol. The summed E-state index contributed by atoms with van der Waals surface area (Å²) in [6.45, 7) is 0. The normalized spacial score (nSPS) is 10.7. The topological polar surface area (TPSA) is 85.2 Å². The Hall–Kier alpha value is -4.13. The number of aryl methyl sites for hydroxylation is 1. The van der Waals surface area contributed by atoms with Crippen molar-refractivity contribution in [1.29, 1.82) is 0 Å². The zero-order valence-electron chi connectivity index (χ0n) is 18.0. The van der Waals surface area contributed by atoms with Gasteiger partial charge in [0.05, 0.1) is 29.4 Å². The highest BCUT2D eigenvalue weighted by atomic mass is 16.5. The average Bonchev–Trinajstić information content (AvgIpc) is 3.21. The summed E-state index contributed by atoms with van der Waals surface area (Å²) < 4.78 is 7.27. The minimum Gasteiger partial charge on any atom is -0.497 e. The standard InChI is InChI=1S/C25H24N4O3/c1-26-25(31)19-16-18(32-2)12-13-20(19)28-24(30)15-14-23-27-21-10-6-7-11-22(21)29(23)17-8-4-3-5-9-17/h3-13,16H,14-15H2,1-2H3,(H,26,31)(H,28,30). The van der Waals surface area contributed by atoms with Gasteiger partial charge < -0.3 is 15.4 Å². The summed E-state index contributed by atoms with van der Waals surface area (Å²) in [6.07, 6.45) is 0.663. The second kappa shape index (κ2) is 9.34. The molecule has 0 aliphatic rings. The number of hydrogen-bond donors (Lipinski definition) is 2. The SMILES string of the molecule is CNC(=O)c1cc(OC)ccc1NC(=O)CCc1nc2ccccc2n1-c1ccccc1. The number of para-hydroxylation sites is 3. The van der Waals surface area contributed by atoms with Gasteiger partial charge >= 0.3 is 0 Å². The van der Waals surface area contributed by atoms with E-state index < -0.39 is 0 Å². The van der Waals surface area contributed by atoms with Gasteiger partial charge in [-0.3, -0.25) is 14.2 Å². The molecule has 0 saturated carbocycles. The molecule has 32 heavy (non-hydrogen) atoms. The van der Waals surface area contributed by atoms with Crippen LogP contribution in [0.2, 0.25) is 0 Å². The fourth-order valence-corrected chi connectivity index (χ4v) is 3.63. The number of amides is 2. The number of imidazole rings is 1. The van der Waals surface area contributed by atoms with Crippen molar-refractivity contribution < 1.29 is 14.3 Å². The van der Waals surface area contributed by atoms with Crippen LogP contribution in [0.25, 0.3) is 16.7 Å². The lowest BCUT2D eigenvalue weighted by Gasteiger charge is -2.12. The summed E-state index contributed by atoms with van der Waals surface area (Å²) >= 11 is 0. The van der Waals surface area contributed by atoms with Crippen molar-refractivity contribution in [3.8, 4) is 11.4 Å². The van der Waals surface area contributed by atoms with Gasteiger partial charge in [-0.05, 0) is 42.5 Å². The summed E-state index contributed by atoms with van der Waals surface area (Å²) in [7, 11) is 3.07. The molecule has 0 spiro atoms. The third-order valence-corrected chi connectivity index (χ3v) is 5.19. The van der Waals surface area contributed by atoms with Gasteiger partial charge in [-0.1, -0.05) is 30.3 Å². The molecule has 7 nitrogen and oxygen atoms in total. The van der Waals surface area contributed by atoms with Crippen LogP contribution in [-0.4, -0.2) is 35.5 Å². The Labute approximate surface area is 186 Å². The molecule has 4 aromatic rings. The monoisotopic (exact) mass is 428 g/mol. The maximum Gasteiger partial charge on any atom is 0.253 e. The molecule has 3 aromatic carbocycles. The van der Waals surface area contributed by atoms with Crippen LogP contribution in [0.5, 0.6) is 5.75 Å². The van der Waals surface area contributed by atoms with E-state index in [1.165, 1.54) is 7.11 Å². The zero-order chi connectivity index (χ0) is 22.5. The lowest BCUT2D eigenvalue weighted by molar-refractivity contribution is -0.116. The summed E-state index contributed by atoms with van der Waals surface area (Å²) in [4.78, 5) is 29.7. The van der Waals surface area contributed by atoms with Crippen LogP contribution >= 0.6 is 0 Å². The first-order chi connectivity index (χ1) is 15.6. The predicted octanol–water partition coefficient (Wildman–Crippen LogP) is 3.97. The number of anilines is 1. The lowest BCUT2D eigenvalue weighted by atomic mass is 10.1. The first kappa shape index (κ1) is 21.1. The van der Waals surface area contributed by atoms with E-state index in [-0.39, 0.29) is 18.2 Å². The highest BCUT2D eigenvalue weighted by Crippen LogP contribution is 2.24. The van der Waals surface area contributed by atoms with E-state index in [0.29, 0.717) is 23.4 Å². The minimum atomic E-state index is -0.301. The quantitative estimate of drug-likeness (QED) is 0.467. The Morgan fingerprint density at radius 2 is 1.75 bits per heavy atom. The molecule has 0 bridgehead atoms. The largest absolute Gasteiger partial charge is 0.497 e. The molecule has 0 aliphatic heterocycles. The number of carbonyl (C=O) groups excluding carboxylic acids is 2. The summed E-state index contributed by atoms with van der Waals surface area (Å²) in [5.74, 6) is 0.837. The van der Waals surface area contributed by atoms with E-state index >= 15 is 0 Å². The van der Waals surface area contributed by atoms with Crippen LogP contribution < -0.4 is 15.4 Å². The van der Waals surface area contributed by atoms with Gasteiger partial charge in [-0.2, -0.15) is 0 Å². The van der Waals surface area contributed by atoms with Gasteiger partial charge in [0.15, 0.2) is 0 Å². The third kappa shape index (κ3) is 4.32. The number of ether oxygens (including phenoxy) is 1. The molecular formula is C25H24N4O3. The van der Waals surface area contributed by atoms with Crippen molar-refractivity contribution in [1.82, 2.24) is 14.9 Å². The van der Waals surface area contributed by atoms with E-state index in [9.17, 15) is 9.59 Å². The molecule has 0 radical (unpaired) electrons. The van der Waals surface area contributed by atoms with Crippen LogP contribution in [-0.2, 0) is 11.2 Å². The summed E-state index contributed by atoms with van der Waals surface area (Å²) in [5, 5.41) is 5.43. The molecule has 7 heteroatoms. The molecule has 0 unspecified atom stereocenters. The van der Waals surface area contributed by atoms with Crippen LogP contribution in [0.3, 0.4) is 0 Å². The van der Waals surface area contributed by atoms with Crippen molar-refractivity contribution in [2.24, 2.45) is 0 Å². The van der Waals surface area contributed by atoms with Crippen molar-refractivity contribution in [2.75, 3.05) is 19.5 Å². The average molecular weight is 428 g/mol. The Kier molecular flexibility index (Phi) is 6.17. The van der Waals surface area contributed by atoms with Crippen LogP contribution in [0.15, 0.2) is 72.8 Å². The number of fused-ring (bicyclic) bond motifs is 1. The number of aromatic nitrogens is 2. The lowest BCUT2D eigenvalue weighted by Crippen LogP contribution is -2.22. The number of hydrogen-bond acceptors (Lipinski definition) is 4. The molecule has 162 valence electrons. The Morgan fingerprint density at radius 1 is 1.00 bits per heavy atom. The number of benzene rings is 3. The highest BCUT2D eigenvalue weighted by molar-refractivity contribution is 6.04. The molecule has 0 saturated heterocycles. The second-order valence-electron chi connectivity index (χ2n) is 7.23. The molecule has 0 aliphatic carbocycles. The maximum atomic E-state index is 12.8. The van der Waals surface area contributed by atoms with E-state index in [0.717, 1.165) is 22.5 Å². The number of carbonyl (C=O) groups is 2. The zero-order valence-corrected chi connectivity index (χ0v) is 18.0.